The number of rotatable bonds is 5. The number of carboxylic acids is 1. The molecule has 0 aliphatic rings. The van der Waals surface area contributed by atoms with E-state index in [1.807, 2.05) is 30.3 Å². The van der Waals surface area contributed by atoms with Gasteiger partial charge in [0.05, 0.1) is 5.56 Å². The average molecular weight is 347 g/mol. The normalized spacial score (nSPS) is 10.2. The second-order valence-corrected chi connectivity index (χ2v) is 5.56. The van der Waals surface area contributed by atoms with Crippen LogP contribution in [0.3, 0.4) is 0 Å². The number of para-hydroxylation sites is 1. The van der Waals surface area contributed by atoms with Crippen LogP contribution in [0.25, 0.3) is 11.1 Å². The largest absolute Gasteiger partial charge is 0.478 e. The summed E-state index contributed by atoms with van der Waals surface area (Å²) in [4.78, 5) is 23.5. The van der Waals surface area contributed by atoms with Crippen LogP contribution >= 0.6 is 0 Å². The van der Waals surface area contributed by atoms with E-state index < -0.39 is 12.1 Å². The Morgan fingerprint density at radius 1 is 0.808 bits per heavy atom. The monoisotopic (exact) mass is 347 g/mol. The first-order chi connectivity index (χ1) is 12.6. The molecule has 26 heavy (non-hydrogen) atoms. The average Bonchev–Trinajstić information content (AvgIpc) is 2.67. The topological polar surface area (TPSA) is 75.6 Å². The molecule has 0 unspecified atom stereocenters. The first-order valence-electron chi connectivity index (χ1n) is 8.06. The van der Waals surface area contributed by atoms with E-state index in [9.17, 15) is 14.7 Å². The number of nitrogens with one attached hydrogen (secondary N) is 1. The molecule has 0 bridgehead atoms. The number of aromatic carboxylic acids is 1. The van der Waals surface area contributed by atoms with Gasteiger partial charge in [-0.3, -0.25) is 0 Å². The second kappa shape index (κ2) is 7.98. The van der Waals surface area contributed by atoms with E-state index in [-0.39, 0.29) is 12.1 Å². The van der Waals surface area contributed by atoms with Gasteiger partial charge in [0, 0.05) is 6.54 Å². The number of hydrogen-bond donors (Lipinski definition) is 2. The van der Waals surface area contributed by atoms with Crippen molar-refractivity contribution < 1.29 is 19.4 Å². The predicted octanol–water partition coefficient (Wildman–Crippen LogP) is 4.34. The molecule has 0 saturated heterocycles. The molecule has 3 aromatic rings. The van der Waals surface area contributed by atoms with Crippen molar-refractivity contribution in [3.63, 3.8) is 0 Å². The zero-order valence-corrected chi connectivity index (χ0v) is 13.9. The molecule has 0 atom stereocenters. The van der Waals surface area contributed by atoms with Gasteiger partial charge in [-0.2, -0.15) is 0 Å². The number of ether oxygens (including phenoxy) is 1. The standard InChI is InChI=1S/C21H17NO4/c23-20(24)19-13-7-6-12-18(19)17-11-5-4-8-15(17)14-22-21(25)26-16-9-2-1-3-10-16/h1-13H,14H2,(H,22,25)(H,23,24). The highest BCUT2D eigenvalue weighted by atomic mass is 16.6. The van der Waals surface area contributed by atoms with Gasteiger partial charge >= 0.3 is 12.1 Å². The van der Waals surface area contributed by atoms with Crippen molar-refractivity contribution in [1.29, 1.82) is 0 Å². The van der Waals surface area contributed by atoms with E-state index in [2.05, 4.69) is 5.32 Å². The van der Waals surface area contributed by atoms with Crippen LogP contribution in [0.15, 0.2) is 78.9 Å². The summed E-state index contributed by atoms with van der Waals surface area (Å²) >= 11 is 0. The SMILES string of the molecule is O=C(NCc1ccccc1-c1ccccc1C(=O)O)Oc1ccccc1. The highest BCUT2D eigenvalue weighted by Gasteiger charge is 2.14. The van der Waals surface area contributed by atoms with Crippen LogP contribution in [0.2, 0.25) is 0 Å². The van der Waals surface area contributed by atoms with Crippen LogP contribution in [0.1, 0.15) is 15.9 Å². The van der Waals surface area contributed by atoms with Crippen LogP contribution in [0.4, 0.5) is 4.79 Å². The minimum absolute atomic E-state index is 0.215. The number of amides is 1. The zero-order valence-electron chi connectivity index (χ0n) is 13.9. The molecule has 0 saturated carbocycles. The van der Waals surface area contributed by atoms with E-state index in [1.165, 1.54) is 0 Å². The highest BCUT2D eigenvalue weighted by molar-refractivity contribution is 5.96. The number of carbonyl (C=O) groups is 2. The number of carbonyl (C=O) groups excluding carboxylic acids is 1. The van der Waals surface area contributed by atoms with Crippen LogP contribution in [-0.4, -0.2) is 17.2 Å². The van der Waals surface area contributed by atoms with E-state index in [1.54, 1.807) is 48.5 Å². The third-order valence-corrected chi connectivity index (χ3v) is 3.84. The number of hydrogen-bond acceptors (Lipinski definition) is 3. The zero-order chi connectivity index (χ0) is 18.4. The van der Waals surface area contributed by atoms with Gasteiger partial charge in [-0.25, -0.2) is 9.59 Å². The third kappa shape index (κ3) is 4.08. The summed E-state index contributed by atoms with van der Waals surface area (Å²) in [7, 11) is 0. The van der Waals surface area contributed by atoms with Crippen LogP contribution in [-0.2, 0) is 6.54 Å². The van der Waals surface area contributed by atoms with E-state index >= 15 is 0 Å². The lowest BCUT2D eigenvalue weighted by Gasteiger charge is -2.13. The molecule has 3 aromatic carbocycles. The van der Waals surface area contributed by atoms with Crippen molar-refractivity contribution >= 4 is 12.1 Å². The quantitative estimate of drug-likeness (QED) is 0.720. The smallest absolute Gasteiger partial charge is 0.412 e. The summed E-state index contributed by atoms with van der Waals surface area (Å²) < 4.78 is 5.20. The third-order valence-electron chi connectivity index (χ3n) is 3.84. The maximum Gasteiger partial charge on any atom is 0.412 e. The molecular formula is C21H17NO4. The summed E-state index contributed by atoms with van der Waals surface area (Å²) in [6.07, 6.45) is -0.572. The first-order valence-corrected chi connectivity index (χ1v) is 8.06. The Morgan fingerprint density at radius 3 is 2.15 bits per heavy atom. The minimum atomic E-state index is -0.994. The fourth-order valence-electron chi connectivity index (χ4n) is 2.64. The molecule has 3 rings (SSSR count). The van der Waals surface area contributed by atoms with E-state index in [4.69, 9.17) is 4.74 Å². The van der Waals surface area contributed by atoms with Gasteiger partial charge in [0.15, 0.2) is 0 Å². The van der Waals surface area contributed by atoms with Crippen LogP contribution < -0.4 is 10.1 Å². The van der Waals surface area contributed by atoms with Crippen molar-refractivity contribution in [3.05, 3.63) is 90.0 Å². The summed E-state index contributed by atoms with van der Waals surface area (Å²) in [5.74, 6) is -0.540. The van der Waals surface area contributed by atoms with Crippen molar-refractivity contribution in [3.8, 4) is 16.9 Å². The molecule has 2 N–H and O–H groups in total. The van der Waals surface area contributed by atoms with Crippen LogP contribution in [0, 0.1) is 0 Å². The number of carboxylic acid groups (broad SMARTS) is 1. The van der Waals surface area contributed by atoms with Crippen molar-refractivity contribution in [2.75, 3.05) is 0 Å². The molecule has 0 aliphatic heterocycles. The van der Waals surface area contributed by atoms with Gasteiger partial charge in [-0.1, -0.05) is 60.7 Å². The molecule has 0 spiro atoms. The fourth-order valence-corrected chi connectivity index (χ4v) is 2.64. The maximum atomic E-state index is 12.0. The Morgan fingerprint density at radius 2 is 1.42 bits per heavy atom. The molecule has 5 nitrogen and oxygen atoms in total. The molecule has 1 amide bonds. The lowest BCUT2D eigenvalue weighted by atomic mass is 9.95. The Kier molecular flexibility index (Phi) is 5.29. The molecule has 0 radical (unpaired) electrons. The molecule has 0 heterocycles. The maximum absolute atomic E-state index is 12.0. The summed E-state index contributed by atoms with van der Waals surface area (Å²) in [5, 5.41) is 12.1. The van der Waals surface area contributed by atoms with Crippen LogP contribution in [0.5, 0.6) is 5.75 Å². The summed E-state index contributed by atoms with van der Waals surface area (Å²) in [6, 6.07) is 22.9. The predicted molar refractivity (Wildman–Crippen MR) is 98.1 cm³/mol. The fraction of sp³-hybridized carbons (Fsp3) is 0.0476. The van der Waals surface area contributed by atoms with Crippen molar-refractivity contribution in [2.45, 2.75) is 6.54 Å². The summed E-state index contributed by atoms with van der Waals surface area (Å²) in [5.41, 5.74) is 2.37. The molecule has 0 aromatic heterocycles. The number of benzene rings is 3. The van der Waals surface area contributed by atoms with Gasteiger partial charge in [0.1, 0.15) is 5.75 Å². The van der Waals surface area contributed by atoms with Crippen molar-refractivity contribution in [1.82, 2.24) is 5.32 Å². The Hall–Kier alpha value is -3.60. The molecular weight excluding hydrogens is 330 g/mol. The van der Waals surface area contributed by atoms with E-state index in [0.29, 0.717) is 11.3 Å². The summed E-state index contributed by atoms with van der Waals surface area (Å²) in [6.45, 7) is 0.218. The Balaban J connectivity index is 1.78. The Bertz CT molecular complexity index is 922. The van der Waals surface area contributed by atoms with Gasteiger partial charge in [0.2, 0.25) is 0 Å². The van der Waals surface area contributed by atoms with Crippen molar-refractivity contribution in [2.24, 2.45) is 0 Å². The van der Waals surface area contributed by atoms with Gasteiger partial charge in [-0.15, -0.1) is 0 Å². The second-order valence-electron chi connectivity index (χ2n) is 5.56. The lowest BCUT2D eigenvalue weighted by molar-refractivity contribution is 0.0697. The lowest BCUT2D eigenvalue weighted by Crippen LogP contribution is -2.26. The Labute approximate surface area is 150 Å². The van der Waals surface area contributed by atoms with Gasteiger partial charge in [0.25, 0.3) is 0 Å². The minimum Gasteiger partial charge on any atom is -0.478 e. The molecule has 0 aliphatic carbocycles. The first kappa shape index (κ1) is 17.2. The highest BCUT2D eigenvalue weighted by Crippen LogP contribution is 2.27. The van der Waals surface area contributed by atoms with E-state index in [0.717, 1.165) is 11.1 Å². The van der Waals surface area contributed by atoms with Gasteiger partial charge < -0.3 is 15.2 Å². The molecule has 0 fully saturated rings. The molecule has 130 valence electrons. The van der Waals surface area contributed by atoms with Gasteiger partial charge in [-0.05, 0) is 34.9 Å². The molecule has 5 heteroatoms.